The molecule has 0 atom stereocenters. The molecular formula is C59H54N4O. The number of pyridine rings is 3. The van der Waals surface area contributed by atoms with Crippen LogP contribution in [0.4, 0.5) is 0 Å². The van der Waals surface area contributed by atoms with Gasteiger partial charge in [0.05, 0.1) is 31.5 Å². The third-order valence-electron chi connectivity index (χ3n) is 12.1. The van der Waals surface area contributed by atoms with E-state index in [0.29, 0.717) is 40.5 Å². The van der Waals surface area contributed by atoms with Crippen molar-refractivity contribution in [3.8, 4) is 39.8 Å². The van der Waals surface area contributed by atoms with Crippen LogP contribution in [0.25, 0.3) is 55.7 Å². The third kappa shape index (κ3) is 8.87. The smallest absolute Gasteiger partial charge is 0.144 e. The van der Waals surface area contributed by atoms with E-state index in [1.807, 2.05) is 91.3 Å². The zero-order valence-corrected chi connectivity index (χ0v) is 37.0. The Bertz CT molecular complexity index is 3370. The molecule has 0 aliphatic heterocycles. The second kappa shape index (κ2) is 17.5. The summed E-state index contributed by atoms with van der Waals surface area (Å²) in [7, 11) is 0. The zero-order chi connectivity index (χ0) is 50.7. The second-order valence-corrected chi connectivity index (χ2v) is 18.0. The molecule has 0 radical (unpaired) electrons. The molecule has 5 aromatic carbocycles. The second-order valence-electron chi connectivity index (χ2n) is 18.0. The van der Waals surface area contributed by atoms with Crippen LogP contribution in [0.1, 0.15) is 102 Å². The highest BCUT2D eigenvalue weighted by atomic mass is 16.3. The summed E-state index contributed by atoms with van der Waals surface area (Å²) in [6.07, 6.45) is 0.810. The summed E-state index contributed by atoms with van der Waals surface area (Å²) in [4.78, 5) is 14.4. The highest BCUT2D eigenvalue weighted by molar-refractivity contribution is 6.09. The molecule has 9 aromatic rings. The third-order valence-corrected chi connectivity index (χ3v) is 12.1. The number of hydrogen-bond donors (Lipinski definition) is 0. The predicted molar refractivity (Wildman–Crippen MR) is 262 cm³/mol. The van der Waals surface area contributed by atoms with E-state index >= 15 is 0 Å². The minimum absolute atomic E-state index is 0.0595. The SMILES string of the molecule is [2H]c1cc2c(oc3c(-c4cc(C([2H])(C)C)c(C([2H])([2H])C([2H])([2H])c5cc(CC(C)(C)c6ccc(-c7ccccc7)nc6)cc(CC(C)(C)c6ccc(-c7ccccc7)nc6)c5)cn4)cccc32)c([2H])c1C#N. The maximum absolute atomic E-state index is 9.87. The van der Waals surface area contributed by atoms with E-state index < -0.39 is 29.5 Å². The van der Waals surface area contributed by atoms with Crippen LogP contribution in [0.3, 0.4) is 0 Å². The van der Waals surface area contributed by atoms with E-state index in [2.05, 4.69) is 45.9 Å². The van der Waals surface area contributed by atoms with E-state index in [1.165, 1.54) is 12.3 Å². The Morgan fingerprint density at radius 1 is 0.641 bits per heavy atom. The molecule has 0 saturated carbocycles. The molecule has 0 fully saturated rings. The van der Waals surface area contributed by atoms with Gasteiger partial charge < -0.3 is 4.42 Å². The molecule has 0 unspecified atom stereocenters. The van der Waals surface area contributed by atoms with Gasteiger partial charge in [0.1, 0.15) is 11.2 Å². The van der Waals surface area contributed by atoms with Crippen molar-refractivity contribution in [3.63, 3.8) is 0 Å². The van der Waals surface area contributed by atoms with Crippen molar-refractivity contribution in [1.29, 1.82) is 5.26 Å². The van der Waals surface area contributed by atoms with Crippen molar-refractivity contribution in [2.24, 2.45) is 0 Å². The highest BCUT2D eigenvalue weighted by Crippen LogP contribution is 2.38. The molecule has 0 aliphatic rings. The molecule has 0 N–H and O–H groups in total. The fourth-order valence-electron chi connectivity index (χ4n) is 8.60. The molecule has 64 heavy (non-hydrogen) atoms. The van der Waals surface area contributed by atoms with Gasteiger partial charge in [-0.3, -0.25) is 15.0 Å². The van der Waals surface area contributed by atoms with Crippen molar-refractivity contribution in [1.82, 2.24) is 15.0 Å². The fourth-order valence-corrected chi connectivity index (χ4v) is 8.60. The van der Waals surface area contributed by atoms with Crippen LogP contribution >= 0.6 is 0 Å². The first kappa shape index (κ1) is 34.3. The predicted octanol–water partition coefficient (Wildman–Crippen LogP) is 14.6. The lowest BCUT2D eigenvalue weighted by molar-refractivity contribution is 0.512. The van der Waals surface area contributed by atoms with Crippen molar-refractivity contribution < 1.29 is 14.0 Å². The molecule has 4 heterocycles. The summed E-state index contributed by atoms with van der Waals surface area (Å²) in [6, 6.07) is 44.1. The largest absolute Gasteiger partial charge is 0.455 e. The van der Waals surface area contributed by atoms with Gasteiger partial charge in [-0.05, 0) is 124 Å². The number of aryl methyl sites for hydroxylation is 2. The van der Waals surface area contributed by atoms with Gasteiger partial charge in [0, 0.05) is 52.9 Å². The number of nitrogens with zero attached hydrogens (tertiary/aromatic N) is 4. The van der Waals surface area contributed by atoms with E-state index in [-0.39, 0.29) is 39.9 Å². The number of para-hydroxylation sites is 1. The van der Waals surface area contributed by atoms with Gasteiger partial charge in [-0.15, -0.1) is 0 Å². The van der Waals surface area contributed by atoms with Crippen molar-refractivity contribution in [3.05, 3.63) is 209 Å². The maximum Gasteiger partial charge on any atom is 0.144 e. The number of fused-ring (bicyclic) bond motifs is 3. The van der Waals surface area contributed by atoms with Gasteiger partial charge in [0.25, 0.3) is 0 Å². The lowest BCUT2D eigenvalue weighted by Gasteiger charge is -2.28. The average molecular weight is 842 g/mol. The van der Waals surface area contributed by atoms with Crippen LogP contribution in [-0.2, 0) is 36.4 Å². The van der Waals surface area contributed by atoms with Crippen LogP contribution in [0, 0.1) is 11.3 Å². The van der Waals surface area contributed by atoms with Gasteiger partial charge >= 0.3 is 0 Å². The van der Waals surface area contributed by atoms with Crippen LogP contribution in [0.5, 0.6) is 0 Å². The van der Waals surface area contributed by atoms with Gasteiger partial charge in [-0.25, -0.2) is 0 Å². The number of benzene rings is 5. The molecule has 316 valence electrons. The van der Waals surface area contributed by atoms with E-state index in [9.17, 15) is 12.1 Å². The van der Waals surface area contributed by atoms with Crippen LogP contribution < -0.4 is 0 Å². The molecule has 0 spiro atoms. The first-order valence-electron chi connectivity index (χ1n) is 25.1. The molecule has 5 nitrogen and oxygen atoms in total. The maximum atomic E-state index is 9.87. The Morgan fingerprint density at radius 2 is 1.22 bits per heavy atom. The first-order valence-corrected chi connectivity index (χ1v) is 21.6. The fraction of sp³-hybridized carbons (Fsp3) is 0.220. The van der Waals surface area contributed by atoms with Crippen molar-refractivity contribution in [2.45, 2.75) is 83.9 Å². The Balaban J connectivity index is 1.12. The summed E-state index contributed by atoms with van der Waals surface area (Å²) < 4.78 is 71.9. The molecule has 0 amide bonds. The molecule has 0 aliphatic carbocycles. The Morgan fingerprint density at radius 3 is 1.77 bits per heavy atom. The Labute approximate surface area is 387 Å². The number of hydrogen-bond acceptors (Lipinski definition) is 5. The van der Waals surface area contributed by atoms with Crippen LogP contribution in [0.15, 0.2) is 169 Å². The van der Waals surface area contributed by atoms with E-state index in [1.54, 1.807) is 50.2 Å². The quantitative estimate of drug-likeness (QED) is 0.116. The molecule has 4 aromatic heterocycles. The lowest BCUT2D eigenvalue weighted by atomic mass is 9.77. The van der Waals surface area contributed by atoms with Gasteiger partial charge in [-0.1, -0.05) is 145 Å². The van der Waals surface area contributed by atoms with Gasteiger partial charge in [-0.2, -0.15) is 5.26 Å². The average Bonchev–Trinajstić information content (AvgIpc) is 3.72. The number of nitriles is 1. The number of rotatable bonds is 13. The molecule has 9 rings (SSSR count). The zero-order valence-electron chi connectivity index (χ0n) is 44.0. The van der Waals surface area contributed by atoms with Crippen molar-refractivity contribution in [2.75, 3.05) is 0 Å². The topological polar surface area (TPSA) is 75.6 Å². The molecular weight excluding hydrogens is 781 g/mol. The van der Waals surface area contributed by atoms with Gasteiger partial charge in [0.2, 0.25) is 0 Å². The number of aromatic nitrogens is 3. The van der Waals surface area contributed by atoms with Crippen LogP contribution in [-0.4, -0.2) is 15.0 Å². The molecule has 0 bridgehead atoms. The highest BCUT2D eigenvalue weighted by Gasteiger charge is 2.26. The summed E-state index contributed by atoms with van der Waals surface area (Å²) in [5.74, 6) is -1.41. The summed E-state index contributed by atoms with van der Waals surface area (Å²) >= 11 is 0. The van der Waals surface area contributed by atoms with E-state index in [0.717, 1.165) is 44.8 Å². The molecule has 0 saturated heterocycles. The molecule has 5 heteroatoms. The summed E-state index contributed by atoms with van der Waals surface area (Å²) in [5.41, 5.74) is 8.18. The summed E-state index contributed by atoms with van der Waals surface area (Å²) in [6.45, 7) is 11.8. The first-order chi connectivity index (χ1) is 33.6. The number of furan rings is 1. The Hall–Kier alpha value is -7.16. The normalized spacial score (nSPS) is 14.2. The van der Waals surface area contributed by atoms with Crippen molar-refractivity contribution >= 4 is 21.9 Å². The minimum atomic E-state index is -2.70. The lowest BCUT2D eigenvalue weighted by Crippen LogP contribution is -2.23. The van der Waals surface area contributed by atoms with Crippen LogP contribution in [0.2, 0.25) is 0 Å². The standard InChI is InChI=1S/C59H54N4O/c1-39(2)52-32-55(51-19-13-18-50-49-25-21-41(35-60)31-56(49)64-57(50)51)61-36-46(52)22-20-40-28-42(33-58(3,4)47-23-26-53(62-37-47)44-14-9-7-10-15-44)30-43(29-40)34-59(5,6)48-24-27-54(63-38-48)45-16-11-8-12-17-45/h7-19,21,23-32,36-39H,20,22,33-34H2,1-6H3/i20D2,21D,22D2,31D,39D. The Kier molecular flexibility index (Phi) is 9.41. The van der Waals surface area contributed by atoms with Gasteiger partial charge in [0.15, 0.2) is 0 Å². The monoisotopic (exact) mass is 841 g/mol. The summed E-state index contributed by atoms with van der Waals surface area (Å²) in [5, 5.41) is 10.8. The van der Waals surface area contributed by atoms with E-state index in [4.69, 9.17) is 22.1 Å². The minimum Gasteiger partial charge on any atom is -0.455 e.